The highest BCUT2D eigenvalue weighted by Crippen LogP contribution is 2.34. The van der Waals surface area contributed by atoms with Crippen molar-refractivity contribution in [1.82, 2.24) is 4.90 Å². The number of carbonyl (C=O) groups is 1. The minimum absolute atomic E-state index is 0.00144. The standard InChI is InChI=1S/C19H27F2N3O2/c1-19(2,3)26-18(25)24-12-4-5-13(24)11-23(10-12)14-8-16(20)15(6-7-22)17(21)9-14/h8-9,12-13H,4-7,10-11,22H2,1-3H3. The second-order valence-corrected chi connectivity index (χ2v) is 8.10. The van der Waals surface area contributed by atoms with E-state index in [-0.39, 0.29) is 36.7 Å². The lowest BCUT2D eigenvalue weighted by Gasteiger charge is -2.42. The SMILES string of the molecule is CC(C)(C)OC(=O)N1C2CCC1CN(c1cc(F)c(CCN)c(F)c1)C2. The monoisotopic (exact) mass is 367 g/mol. The Labute approximate surface area is 153 Å². The minimum Gasteiger partial charge on any atom is -0.444 e. The van der Waals surface area contributed by atoms with E-state index in [1.54, 1.807) is 4.90 Å². The Morgan fingerprint density at radius 3 is 2.19 bits per heavy atom. The van der Waals surface area contributed by atoms with E-state index in [4.69, 9.17) is 10.5 Å². The number of hydrogen-bond donors (Lipinski definition) is 1. The smallest absolute Gasteiger partial charge is 0.410 e. The van der Waals surface area contributed by atoms with Gasteiger partial charge in [0.05, 0.1) is 12.1 Å². The van der Waals surface area contributed by atoms with Crippen LogP contribution in [0.2, 0.25) is 0 Å². The van der Waals surface area contributed by atoms with Crippen molar-refractivity contribution in [3.63, 3.8) is 0 Å². The average molecular weight is 367 g/mol. The summed E-state index contributed by atoms with van der Waals surface area (Å²) in [5.74, 6) is -1.13. The third kappa shape index (κ3) is 3.77. The van der Waals surface area contributed by atoms with E-state index in [9.17, 15) is 13.6 Å². The lowest BCUT2D eigenvalue weighted by molar-refractivity contribution is 0.0123. The summed E-state index contributed by atoms with van der Waals surface area (Å²) in [7, 11) is 0. The van der Waals surface area contributed by atoms with Gasteiger partial charge in [-0.15, -0.1) is 0 Å². The number of hydrogen-bond acceptors (Lipinski definition) is 4. The molecule has 1 amide bonds. The van der Waals surface area contributed by atoms with Crippen molar-refractivity contribution in [2.75, 3.05) is 24.5 Å². The van der Waals surface area contributed by atoms with Crippen molar-refractivity contribution in [3.05, 3.63) is 29.3 Å². The molecule has 2 atom stereocenters. The summed E-state index contributed by atoms with van der Waals surface area (Å²) in [4.78, 5) is 16.3. The number of nitrogens with two attached hydrogens (primary N) is 1. The molecule has 0 saturated carbocycles. The zero-order valence-corrected chi connectivity index (χ0v) is 15.6. The van der Waals surface area contributed by atoms with Gasteiger partial charge in [0.2, 0.25) is 0 Å². The van der Waals surface area contributed by atoms with Crippen LogP contribution in [0.3, 0.4) is 0 Å². The molecule has 2 aliphatic heterocycles. The van der Waals surface area contributed by atoms with Crippen LogP contribution < -0.4 is 10.6 Å². The highest BCUT2D eigenvalue weighted by Gasteiger charge is 2.44. The second-order valence-electron chi connectivity index (χ2n) is 8.10. The fourth-order valence-corrected chi connectivity index (χ4v) is 3.88. The molecular formula is C19H27F2N3O2. The van der Waals surface area contributed by atoms with Gasteiger partial charge < -0.3 is 15.4 Å². The molecule has 2 heterocycles. The topological polar surface area (TPSA) is 58.8 Å². The number of rotatable bonds is 3. The molecule has 1 aromatic carbocycles. The van der Waals surface area contributed by atoms with Crippen LogP contribution in [-0.4, -0.2) is 48.3 Å². The predicted octanol–water partition coefficient (Wildman–Crippen LogP) is 3.05. The van der Waals surface area contributed by atoms with E-state index in [0.29, 0.717) is 18.8 Å². The molecule has 0 aliphatic carbocycles. The van der Waals surface area contributed by atoms with Crippen LogP contribution in [0.1, 0.15) is 39.2 Å². The quantitative estimate of drug-likeness (QED) is 0.892. The van der Waals surface area contributed by atoms with Crippen LogP contribution >= 0.6 is 0 Å². The zero-order chi connectivity index (χ0) is 19.1. The summed E-state index contributed by atoms with van der Waals surface area (Å²) in [6.45, 7) is 6.83. The maximum absolute atomic E-state index is 14.2. The number of amides is 1. The summed E-state index contributed by atoms with van der Waals surface area (Å²) in [5, 5.41) is 0. The molecule has 2 fully saturated rings. The molecule has 2 unspecified atom stereocenters. The number of piperazine rings is 1. The van der Waals surface area contributed by atoms with E-state index in [2.05, 4.69) is 0 Å². The Balaban J connectivity index is 1.76. The molecule has 2 bridgehead atoms. The average Bonchev–Trinajstić information content (AvgIpc) is 2.79. The van der Waals surface area contributed by atoms with Crippen molar-refractivity contribution >= 4 is 11.8 Å². The van der Waals surface area contributed by atoms with Gasteiger partial charge in [-0.25, -0.2) is 13.6 Å². The molecule has 0 spiro atoms. The Hall–Kier alpha value is -1.89. The summed E-state index contributed by atoms with van der Waals surface area (Å²) in [6.07, 6.45) is 1.61. The summed E-state index contributed by atoms with van der Waals surface area (Å²) in [6, 6.07) is 2.74. The summed E-state index contributed by atoms with van der Waals surface area (Å²) in [5.41, 5.74) is 5.42. The highest BCUT2D eigenvalue weighted by molar-refractivity contribution is 5.70. The summed E-state index contributed by atoms with van der Waals surface area (Å²) >= 11 is 0. The number of anilines is 1. The van der Waals surface area contributed by atoms with Crippen LogP contribution in [0, 0.1) is 11.6 Å². The lowest BCUT2D eigenvalue weighted by Crippen LogP contribution is -2.56. The largest absolute Gasteiger partial charge is 0.444 e. The molecule has 2 aliphatic rings. The van der Waals surface area contributed by atoms with Crippen LogP contribution in [-0.2, 0) is 11.2 Å². The Kier molecular flexibility index (Phi) is 5.10. The minimum atomic E-state index is -0.563. The van der Waals surface area contributed by atoms with Gasteiger partial charge in [0.15, 0.2) is 0 Å². The van der Waals surface area contributed by atoms with E-state index in [1.165, 1.54) is 12.1 Å². The maximum atomic E-state index is 14.2. The second kappa shape index (κ2) is 7.02. The molecule has 0 radical (unpaired) electrons. The third-order valence-corrected chi connectivity index (χ3v) is 4.97. The first-order valence-corrected chi connectivity index (χ1v) is 9.14. The molecular weight excluding hydrogens is 340 g/mol. The van der Waals surface area contributed by atoms with Crippen LogP contribution in [0.25, 0.3) is 0 Å². The molecule has 1 aromatic rings. The van der Waals surface area contributed by atoms with Crippen LogP contribution in [0.15, 0.2) is 12.1 Å². The van der Waals surface area contributed by atoms with Crippen molar-refractivity contribution in [2.45, 2.75) is 57.7 Å². The number of benzene rings is 1. The van der Waals surface area contributed by atoms with E-state index >= 15 is 0 Å². The van der Waals surface area contributed by atoms with E-state index in [0.717, 1.165) is 12.8 Å². The first kappa shape index (κ1) is 18.9. The third-order valence-electron chi connectivity index (χ3n) is 4.97. The number of nitrogens with zero attached hydrogens (tertiary/aromatic N) is 2. The molecule has 0 aromatic heterocycles. The Bertz CT molecular complexity index is 653. The van der Waals surface area contributed by atoms with Crippen LogP contribution in [0.5, 0.6) is 0 Å². The molecule has 3 rings (SSSR count). The number of ether oxygens (including phenoxy) is 1. The lowest BCUT2D eigenvalue weighted by atomic mass is 10.1. The first-order chi connectivity index (χ1) is 12.2. The Morgan fingerprint density at radius 1 is 1.19 bits per heavy atom. The van der Waals surface area contributed by atoms with E-state index in [1.807, 2.05) is 25.7 Å². The molecule has 26 heavy (non-hydrogen) atoms. The van der Waals surface area contributed by atoms with Crippen LogP contribution in [0.4, 0.5) is 19.3 Å². The zero-order valence-electron chi connectivity index (χ0n) is 15.6. The fourth-order valence-electron chi connectivity index (χ4n) is 3.88. The maximum Gasteiger partial charge on any atom is 0.410 e. The van der Waals surface area contributed by atoms with E-state index < -0.39 is 17.2 Å². The van der Waals surface area contributed by atoms with Gasteiger partial charge in [-0.05, 0) is 58.7 Å². The predicted molar refractivity (Wildman–Crippen MR) is 96.2 cm³/mol. The number of fused-ring (bicyclic) bond motifs is 2. The Morgan fingerprint density at radius 2 is 1.73 bits per heavy atom. The van der Waals surface area contributed by atoms with Crippen molar-refractivity contribution in [3.8, 4) is 0 Å². The molecule has 7 heteroatoms. The first-order valence-electron chi connectivity index (χ1n) is 9.14. The molecule has 2 saturated heterocycles. The van der Waals surface area contributed by atoms with Gasteiger partial charge in [-0.3, -0.25) is 4.90 Å². The highest BCUT2D eigenvalue weighted by atomic mass is 19.1. The fraction of sp³-hybridized carbons (Fsp3) is 0.632. The molecule has 144 valence electrons. The van der Waals surface area contributed by atoms with Gasteiger partial charge in [0, 0.05) is 24.3 Å². The van der Waals surface area contributed by atoms with Gasteiger partial charge in [0.1, 0.15) is 17.2 Å². The van der Waals surface area contributed by atoms with Crippen molar-refractivity contribution in [2.24, 2.45) is 5.73 Å². The van der Waals surface area contributed by atoms with Gasteiger partial charge >= 0.3 is 6.09 Å². The normalized spacial score (nSPS) is 22.7. The van der Waals surface area contributed by atoms with Crippen molar-refractivity contribution in [1.29, 1.82) is 0 Å². The molecule has 5 nitrogen and oxygen atoms in total. The van der Waals surface area contributed by atoms with Gasteiger partial charge in [-0.1, -0.05) is 0 Å². The van der Waals surface area contributed by atoms with Crippen molar-refractivity contribution < 1.29 is 18.3 Å². The number of carbonyl (C=O) groups excluding carboxylic acids is 1. The van der Waals surface area contributed by atoms with Gasteiger partial charge in [-0.2, -0.15) is 0 Å². The number of halogens is 2. The van der Waals surface area contributed by atoms with Gasteiger partial charge in [0.25, 0.3) is 0 Å². The molecule has 2 N–H and O–H groups in total. The summed E-state index contributed by atoms with van der Waals surface area (Å²) < 4.78 is 34.0.